The van der Waals surface area contributed by atoms with Crippen LogP contribution < -0.4 is 5.32 Å². The Labute approximate surface area is 81.8 Å². The Balaban J connectivity index is 3.03. The molecule has 0 aliphatic carbocycles. The Kier molecular flexibility index (Phi) is 9.87. The highest BCUT2D eigenvalue weighted by Crippen LogP contribution is 1.89. The minimum Gasteiger partial charge on any atom is -0.385 e. The molecule has 1 atom stereocenters. The lowest BCUT2D eigenvalue weighted by atomic mass is 10.2. The van der Waals surface area contributed by atoms with Gasteiger partial charge in [-0.1, -0.05) is 6.92 Å². The summed E-state index contributed by atoms with van der Waals surface area (Å²) in [5, 5.41) is 3.37. The number of nitrogens with one attached hydrogen (secondary N) is 1. The van der Waals surface area contributed by atoms with Gasteiger partial charge in [-0.3, -0.25) is 0 Å². The van der Waals surface area contributed by atoms with Crippen LogP contribution >= 0.6 is 0 Å². The molecule has 3 nitrogen and oxygen atoms in total. The molecule has 13 heavy (non-hydrogen) atoms. The van der Waals surface area contributed by atoms with Crippen LogP contribution in [0.25, 0.3) is 0 Å². The monoisotopic (exact) mass is 189 g/mol. The summed E-state index contributed by atoms with van der Waals surface area (Å²) in [6.07, 6.45) is 2.16. The highest BCUT2D eigenvalue weighted by Gasteiger charge is 1.98. The van der Waals surface area contributed by atoms with E-state index in [1.54, 1.807) is 7.11 Å². The topological polar surface area (TPSA) is 30.5 Å². The third-order valence-electron chi connectivity index (χ3n) is 1.84. The molecule has 0 aliphatic rings. The summed E-state index contributed by atoms with van der Waals surface area (Å²) in [7, 11) is 1.73. The van der Waals surface area contributed by atoms with Crippen LogP contribution in [-0.4, -0.2) is 39.5 Å². The summed E-state index contributed by atoms with van der Waals surface area (Å²) in [5.41, 5.74) is 0. The van der Waals surface area contributed by atoms with Crippen LogP contribution in [0.3, 0.4) is 0 Å². The van der Waals surface area contributed by atoms with Gasteiger partial charge in [0.05, 0.1) is 6.61 Å². The van der Waals surface area contributed by atoms with E-state index >= 15 is 0 Å². The first kappa shape index (κ1) is 12.9. The molecule has 0 aliphatic heterocycles. The second-order valence-electron chi connectivity index (χ2n) is 3.25. The van der Waals surface area contributed by atoms with Crippen molar-refractivity contribution in [3.8, 4) is 0 Å². The van der Waals surface area contributed by atoms with Crippen LogP contribution in [0.15, 0.2) is 0 Å². The molecule has 0 radical (unpaired) electrons. The third-order valence-corrected chi connectivity index (χ3v) is 1.84. The van der Waals surface area contributed by atoms with E-state index in [2.05, 4.69) is 19.2 Å². The highest BCUT2D eigenvalue weighted by atomic mass is 16.5. The minimum atomic E-state index is 0.519. The van der Waals surface area contributed by atoms with Crippen molar-refractivity contribution in [3.63, 3.8) is 0 Å². The molecule has 0 aromatic rings. The van der Waals surface area contributed by atoms with E-state index in [-0.39, 0.29) is 0 Å². The number of hydrogen-bond donors (Lipinski definition) is 1. The number of methoxy groups -OCH3 is 1. The van der Waals surface area contributed by atoms with Gasteiger partial charge in [0.1, 0.15) is 0 Å². The average Bonchev–Trinajstić information content (AvgIpc) is 2.14. The van der Waals surface area contributed by atoms with Crippen molar-refractivity contribution < 1.29 is 9.47 Å². The minimum absolute atomic E-state index is 0.519. The molecule has 0 aromatic carbocycles. The van der Waals surface area contributed by atoms with Crippen LogP contribution in [0.2, 0.25) is 0 Å². The lowest BCUT2D eigenvalue weighted by molar-refractivity contribution is 0.132. The molecule has 0 amide bonds. The molecule has 0 fully saturated rings. The zero-order valence-electron chi connectivity index (χ0n) is 9.14. The van der Waals surface area contributed by atoms with Crippen LogP contribution in [0.1, 0.15) is 26.7 Å². The van der Waals surface area contributed by atoms with Crippen molar-refractivity contribution >= 4 is 0 Å². The molecule has 1 unspecified atom stereocenters. The van der Waals surface area contributed by atoms with Crippen molar-refractivity contribution in [1.29, 1.82) is 0 Å². The maximum atomic E-state index is 5.34. The standard InChI is InChI=1S/C10H23NO2/c1-4-7-13-9-6-11-10(2)5-8-12-3/h10-11H,4-9H2,1-3H3. The maximum absolute atomic E-state index is 5.34. The SMILES string of the molecule is CCCOCCNC(C)CCOC. The lowest BCUT2D eigenvalue weighted by Gasteiger charge is -2.12. The highest BCUT2D eigenvalue weighted by molar-refractivity contribution is 4.58. The first-order chi connectivity index (χ1) is 6.31. The van der Waals surface area contributed by atoms with Crippen molar-refractivity contribution in [2.75, 3.05) is 33.5 Å². The molecule has 0 heterocycles. The second kappa shape index (κ2) is 9.96. The van der Waals surface area contributed by atoms with E-state index in [4.69, 9.17) is 9.47 Å². The quantitative estimate of drug-likeness (QED) is 0.557. The van der Waals surface area contributed by atoms with Crippen molar-refractivity contribution in [2.45, 2.75) is 32.7 Å². The fourth-order valence-corrected chi connectivity index (χ4v) is 1.02. The van der Waals surface area contributed by atoms with Gasteiger partial charge >= 0.3 is 0 Å². The van der Waals surface area contributed by atoms with Gasteiger partial charge in [0.15, 0.2) is 0 Å². The molecule has 80 valence electrons. The molecule has 0 saturated heterocycles. The molecule has 0 aromatic heterocycles. The molecule has 0 spiro atoms. The van der Waals surface area contributed by atoms with Crippen molar-refractivity contribution in [3.05, 3.63) is 0 Å². The third kappa shape index (κ3) is 9.80. The zero-order chi connectivity index (χ0) is 9.94. The van der Waals surface area contributed by atoms with Crippen LogP contribution in [0.4, 0.5) is 0 Å². The first-order valence-corrected chi connectivity index (χ1v) is 5.11. The summed E-state index contributed by atoms with van der Waals surface area (Å²) in [6.45, 7) is 7.72. The Morgan fingerprint density at radius 2 is 2.00 bits per heavy atom. The van der Waals surface area contributed by atoms with Gasteiger partial charge in [-0.2, -0.15) is 0 Å². The van der Waals surface area contributed by atoms with E-state index in [0.29, 0.717) is 6.04 Å². The van der Waals surface area contributed by atoms with Crippen LogP contribution in [0.5, 0.6) is 0 Å². The van der Waals surface area contributed by atoms with Gasteiger partial charge in [0, 0.05) is 32.9 Å². The summed E-state index contributed by atoms with van der Waals surface area (Å²) < 4.78 is 10.3. The molecule has 0 bridgehead atoms. The predicted molar refractivity (Wildman–Crippen MR) is 55.1 cm³/mol. The first-order valence-electron chi connectivity index (χ1n) is 5.11. The van der Waals surface area contributed by atoms with E-state index in [9.17, 15) is 0 Å². The molecule has 0 saturated carbocycles. The largest absolute Gasteiger partial charge is 0.385 e. The van der Waals surface area contributed by atoms with Crippen LogP contribution in [0, 0.1) is 0 Å². The smallest absolute Gasteiger partial charge is 0.0590 e. The Hall–Kier alpha value is -0.120. The maximum Gasteiger partial charge on any atom is 0.0590 e. The summed E-state index contributed by atoms with van der Waals surface area (Å²) in [4.78, 5) is 0. The summed E-state index contributed by atoms with van der Waals surface area (Å²) >= 11 is 0. The van der Waals surface area contributed by atoms with Gasteiger partial charge < -0.3 is 14.8 Å². The lowest BCUT2D eigenvalue weighted by Crippen LogP contribution is -2.30. The molecular formula is C10H23NO2. The Morgan fingerprint density at radius 3 is 2.62 bits per heavy atom. The molecular weight excluding hydrogens is 166 g/mol. The normalized spacial score (nSPS) is 13.2. The van der Waals surface area contributed by atoms with E-state index in [1.165, 1.54) is 0 Å². The molecule has 0 rings (SSSR count). The van der Waals surface area contributed by atoms with Gasteiger partial charge in [-0.25, -0.2) is 0 Å². The fourth-order valence-electron chi connectivity index (χ4n) is 1.02. The molecule has 1 N–H and O–H groups in total. The van der Waals surface area contributed by atoms with E-state index < -0.39 is 0 Å². The number of ether oxygens (including phenoxy) is 2. The van der Waals surface area contributed by atoms with Gasteiger partial charge in [0.25, 0.3) is 0 Å². The fraction of sp³-hybridized carbons (Fsp3) is 1.00. The van der Waals surface area contributed by atoms with Gasteiger partial charge in [-0.15, -0.1) is 0 Å². The summed E-state index contributed by atoms with van der Waals surface area (Å²) in [6, 6.07) is 0.519. The predicted octanol–water partition coefficient (Wildman–Crippen LogP) is 1.43. The average molecular weight is 189 g/mol. The van der Waals surface area contributed by atoms with E-state index in [1.807, 2.05) is 0 Å². The Bertz CT molecular complexity index is 98.9. The molecule has 3 heteroatoms. The summed E-state index contributed by atoms with van der Waals surface area (Å²) in [5.74, 6) is 0. The van der Waals surface area contributed by atoms with Gasteiger partial charge in [-0.05, 0) is 19.8 Å². The zero-order valence-corrected chi connectivity index (χ0v) is 9.14. The number of rotatable bonds is 9. The van der Waals surface area contributed by atoms with Gasteiger partial charge in [0.2, 0.25) is 0 Å². The van der Waals surface area contributed by atoms with E-state index in [0.717, 1.165) is 39.2 Å². The second-order valence-corrected chi connectivity index (χ2v) is 3.25. The van der Waals surface area contributed by atoms with Crippen LogP contribution in [-0.2, 0) is 9.47 Å². The Morgan fingerprint density at radius 1 is 1.23 bits per heavy atom. The van der Waals surface area contributed by atoms with Crippen molar-refractivity contribution in [1.82, 2.24) is 5.32 Å². The number of hydrogen-bond acceptors (Lipinski definition) is 3. The van der Waals surface area contributed by atoms with Crippen molar-refractivity contribution in [2.24, 2.45) is 0 Å².